The Hall–Kier alpha value is -1.14. The molecule has 0 aromatic rings. The van der Waals surface area contributed by atoms with Crippen molar-refractivity contribution in [3.05, 3.63) is 0 Å². The van der Waals surface area contributed by atoms with Crippen molar-refractivity contribution in [3.63, 3.8) is 0 Å². The van der Waals surface area contributed by atoms with Crippen LogP contribution in [0.5, 0.6) is 0 Å². The first kappa shape index (κ1) is 14.3. The second-order valence-electron chi connectivity index (χ2n) is 5.73. The van der Waals surface area contributed by atoms with Crippen molar-refractivity contribution in [1.82, 2.24) is 20.0 Å². The summed E-state index contributed by atoms with van der Waals surface area (Å²) in [5.74, 6) is 0.910. The van der Waals surface area contributed by atoms with Gasteiger partial charge in [-0.3, -0.25) is 9.59 Å². The van der Waals surface area contributed by atoms with Gasteiger partial charge in [0.05, 0.1) is 6.54 Å². The number of nitrogens with zero attached hydrogens (tertiary/aromatic N) is 3. The minimum Gasteiger partial charge on any atom is -0.339 e. The fourth-order valence-corrected chi connectivity index (χ4v) is 2.44. The van der Waals surface area contributed by atoms with E-state index in [9.17, 15) is 9.59 Å². The second kappa shape index (κ2) is 6.34. The summed E-state index contributed by atoms with van der Waals surface area (Å²) >= 11 is 0. The molecule has 6 nitrogen and oxygen atoms in total. The number of nitrogens with one attached hydrogen (secondary N) is 1. The molecular formula is C13H24N4O2. The fourth-order valence-electron chi connectivity index (χ4n) is 2.44. The Labute approximate surface area is 114 Å². The van der Waals surface area contributed by atoms with Crippen molar-refractivity contribution in [3.8, 4) is 0 Å². The first-order valence-electron chi connectivity index (χ1n) is 6.97. The van der Waals surface area contributed by atoms with Crippen molar-refractivity contribution in [2.45, 2.75) is 6.42 Å². The molecule has 0 unspecified atom stereocenters. The predicted octanol–water partition coefficient (Wildman–Crippen LogP) is -1.17. The maximum atomic E-state index is 12.0. The molecule has 2 rings (SSSR count). The number of carbonyl (C=O) groups excluding carboxylic acids is 2. The minimum atomic E-state index is 0.153. The molecule has 2 fully saturated rings. The molecule has 0 radical (unpaired) electrons. The third-order valence-corrected chi connectivity index (χ3v) is 3.77. The highest BCUT2D eigenvalue weighted by atomic mass is 16.2. The molecule has 6 heteroatoms. The molecule has 2 heterocycles. The van der Waals surface area contributed by atoms with Crippen LogP contribution in [-0.4, -0.2) is 86.4 Å². The number of piperazine rings is 1. The Morgan fingerprint density at radius 1 is 1.05 bits per heavy atom. The highest BCUT2D eigenvalue weighted by Crippen LogP contribution is 2.12. The van der Waals surface area contributed by atoms with Crippen LogP contribution in [-0.2, 0) is 9.59 Å². The summed E-state index contributed by atoms with van der Waals surface area (Å²) in [5.41, 5.74) is 0. The van der Waals surface area contributed by atoms with E-state index in [0.717, 1.165) is 13.1 Å². The van der Waals surface area contributed by atoms with Crippen LogP contribution >= 0.6 is 0 Å². The molecule has 0 saturated carbocycles. The van der Waals surface area contributed by atoms with Crippen molar-refractivity contribution in [1.29, 1.82) is 0 Å². The molecule has 0 aliphatic carbocycles. The summed E-state index contributed by atoms with van der Waals surface area (Å²) in [4.78, 5) is 29.6. The van der Waals surface area contributed by atoms with Gasteiger partial charge in [-0.25, -0.2) is 0 Å². The van der Waals surface area contributed by atoms with Crippen molar-refractivity contribution in [2.75, 3.05) is 59.9 Å². The number of hydrogen-bond donors (Lipinski definition) is 1. The standard InChI is InChI=1S/C13H24N4O2/c1-15(2)10-13(19)17-5-3-16(4-6-17)12(18)7-11-8-14-9-11/h11,14H,3-10H2,1-2H3. The number of carbonyl (C=O) groups is 2. The Bertz CT molecular complexity index is 334. The van der Waals surface area contributed by atoms with Crippen molar-refractivity contribution < 1.29 is 9.59 Å². The highest BCUT2D eigenvalue weighted by molar-refractivity contribution is 5.79. The average molecular weight is 268 g/mol. The fraction of sp³-hybridized carbons (Fsp3) is 0.846. The van der Waals surface area contributed by atoms with Gasteiger partial charge in [0.1, 0.15) is 0 Å². The van der Waals surface area contributed by atoms with Crippen molar-refractivity contribution >= 4 is 11.8 Å². The molecule has 1 N–H and O–H groups in total. The second-order valence-corrected chi connectivity index (χ2v) is 5.73. The van der Waals surface area contributed by atoms with Crippen LogP contribution in [0, 0.1) is 5.92 Å². The summed E-state index contributed by atoms with van der Waals surface area (Å²) in [6.07, 6.45) is 0.651. The first-order valence-corrected chi connectivity index (χ1v) is 6.97. The average Bonchev–Trinajstić information content (AvgIpc) is 2.33. The monoisotopic (exact) mass is 268 g/mol. The van der Waals surface area contributed by atoms with E-state index in [2.05, 4.69) is 5.32 Å². The number of rotatable bonds is 4. The van der Waals surface area contributed by atoms with Gasteiger partial charge in [-0.1, -0.05) is 0 Å². The number of amides is 2. The SMILES string of the molecule is CN(C)CC(=O)N1CCN(C(=O)CC2CNC2)CC1. The largest absolute Gasteiger partial charge is 0.339 e. The summed E-state index contributed by atoms with van der Waals surface area (Å²) in [6.45, 7) is 5.07. The van der Waals surface area contributed by atoms with Crippen LogP contribution in [0.2, 0.25) is 0 Å². The maximum Gasteiger partial charge on any atom is 0.236 e. The van der Waals surface area contributed by atoms with E-state index in [1.807, 2.05) is 28.8 Å². The lowest BCUT2D eigenvalue weighted by Gasteiger charge is -2.36. The Balaban J connectivity index is 1.72. The van der Waals surface area contributed by atoms with Gasteiger partial charge >= 0.3 is 0 Å². The van der Waals surface area contributed by atoms with Crippen LogP contribution in [0.1, 0.15) is 6.42 Å². The first-order chi connectivity index (χ1) is 9.06. The van der Waals surface area contributed by atoms with E-state index >= 15 is 0 Å². The van der Waals surface area contributed by atoms with Gasteiger partial charge in [0.25, 0.3) is 0 Å². The Kier molecular flexibility index (Phi) is 4.76. The van der Waals surface area contributed by atoms with E-state index in [4.69, 9.17) is 0 Å². The quantitative estimate of drug-likeness (QED) is 0.698. The molecule has 2 aliphatic heterocycles. The molecule has 108 valence electrons. The predicted molar refractivity (Wildman–Crippen MR) is 72.7 cm³/mol. The molecule has 0 bridgehead atoms. The van der Waals surface area contributed by atoms with Gasteiger partial charge in [0, 0.05) is 32.6 Å². The third kappa shape index (κ3) is 3.91. The summed E-state index contributed by atoms with van der Waals surface area (Å²) in [6, 6.07) is 0. The summed E-state index contributed by atoms with van der Waals surface area (Å²) in [7, 11) is 3.79. The Morgan fingerprint density at radius 3 is 2.00 bits per heavy atom. The molecule has 2 amide bonds. The molecular weight excluding hydrogens is 244 g/mol. The van der Waals surface area contributed by atoms with E-state index in [1.54, 1.807) is 0 Å². The normalized spacial score (nSPS) is 20.6. The van der Waals surface area contributed by atoms with Gasteiger partial charge in [-0.2, -0.15) is 0 Å². The Morgan fingerprint density at radius 2 is 1.58 bits per heavy atom. The number of likely N-dealkylation sites (N-methyl/N-ethyl adjacent to an activating group) is 1. The molecule has 0 aromatic heterocycles. The molecule has 0 spiro atoms. The van der Waals surface area contributed by atoms with Crippen molar-refractivity contribution in [2.24, 2.45) is 5.92 Å². The molecule has 19 heavy (non-hydrogen) atoms. The molecule has 2 saturated heterocycles. The summed E-state index contributed by atoms with van der Waals surface area (Å²) in [5, 5.41) is 3.18. The maximum absolute atomic E-state index is 12.0. The van der Waals surface area contributed by atoms with Gasteiger partial charge in [-0.05, 0) is 33.1 Å². The van der Waals surface area contributed by atoms with E-state index in [0.29, 0.717) is 45.1 Å². The zero-order chi connectivity index (χ0) is 13.8. The summed E-state index contributed by atoms with van der Waals surface area (Å²) < 4.78 is 0. The van der Waals surface area contributed by atoms with Gasteiger partial charge in [0.15, 0.2) is 0 Å². The van der Waals surface area contributed by atoms with Gasteiger partial charge < -0.3 is 20.0 Å². The van der Waals surface area contributed by atoms with E-state index < -0.39 is 0 Å². The van der Waals surface area contributed by atoms with Crippen LogP contribution < -0.4 is 5.32 Å². The smallest absolute Gasteiger partial charge is 0.236 e. The van der Waals surface area contributed by atoms with E-state index in [-0.39, 0.29) is 11.8 Å². The number of hydrogen-bond acceptors (Lipinski definition) is 4. The zero-order valence-corrected chi connectivity index (χ0v) is 11.9. The highest BCUT2D eigenvalue weighted by Gasteiger charge is 2.27. The van der Waals surface area contributed by atoms with Crippen LogP contribution in [0.25, 0.3) is 0 Å². The lowest BCUT2D eigenvalue weighted by atomic mass is 9.98. The van der Waals surface area contributed by atoms with Crippen LogP contribution in [0.3, 0.4) is 0 Å². The third-order valence-electron chi connectivity index (χ3n) is 3.77. The van der Waals surface area contributed by atoms with Gasteiger partial charge in [0.2, 0.25) is 11.8 Å². The molecule has 0 atom stereocenters. The topological polar surface area (TPSA) is 55.9 Å². The lowest BCUT2D eigenvalue weighted by Crippen LogP contribution is -2.53. The molecule has 0 aromatic carbocycles. The molecule has 2 aliphatic rings. The zero-order valence-electron chi connectivity index (χ0n) is 11.9. The van der Waals surface area contributed by atoms with Crippen LogP contribution in [0.4, 0.5) is 0 Å². The van der Waals surface area contributed by atoms with Crippen LogP contribution in [0.15, 0.2) is 0 Å². The van der Waals surface area contributed by atoms with Gasteiger partial charge in [-0.15, -0.1) is 0 Å². The lowest BCUT2D eigenvalue weighted by molar-refractivity contribution is -0.140. The van der Waals surface area contributed by atoms with E-state index in [1.165, 1.54) is 0 Å². The minimum absolute atomic E-state index is 0.153.